The third kappa shape index (κ3) is 3.07. The first-order valence-corrected chi connectivity index (χ1v) is 7.51. The van der Waals surface area contributed by atoms with Gasteiger partial charge in [-0.15, -0.1) is 0 Å². The van der Waals surface area contributed by atoms with Crippen molar-refractivity contribution in [1.29, 1.82) is 0 Å². The molecule has 20 heavy (non-hydrogen) atoms. The Bertz CT molecular complexity index is 570. The molecule has 0 aliphatic carbocycles. The molecule has 0 aliphatic rings. The normalized spacial score (nSPS) is 12.8. The van der Waals surface area contributed by atoms with E-state index in [9.17, 15) is 0 Å². The number of nitrogens with zero attached hydrogens (tertiary/aromatic N) is 3. The van der Waals surface area contributed by atoms with Gasteiger partial charge in [-0.25, -0.2) is 0 Å². The van der Waals surface area contributed by atoms with E-state index in [0.29, 0.717) is 6.04 Å². The summed E-state index contributed by atoms with van der Waals surface area (Å²) in [6.07, 6.45) is 5.39. The molecule has 1 atom stereocenters. The summed E-state index contributed by atoms with van der Waals surface area (Å²) in [7, 11) is 1.87. The van der Waals surface area contributed by atoms with Crippen LogP contribution in [-0.2, 0) is 13.6 Å². The Kier molecular flexibility index (Phi) is 4.89. The third-order valence-corrected chi connectivity index (χ3v) is 4.12. The molecule has 1 N–H and O–H groups in total. The van der Waals surface area contributed by atoms with Crippen LogP contribution >= 0.6 is 11.6 Å². The molecule has 2 rings (SSSR count). The Hall–Kier alpha value is -1.26. The van der Waals surface area contributed by atoms with Gasteiger partial charge in [-0.1, -0.05) is 25.4 Å². The van der Waals surface area contributed by atoms with Crippen LogP contribution in [0, 0.1) is 6.92 Å². The standard InChI is InChI=1S/C15H23ClN4/c1-5-14(17-6-2)12-7-8-20(9-12)10-13-11(3)18-19(4)15(13)16/h7-9,14,17H,5-6,10H2,1-4H3. The average molecular weight is 295 g/mol. The molecule has 0 fully saturated rings. The molecule has 4 nitrogen and oxygen atoms in total. The van der Waals surface area contributed by atoms with Crippen LogP contribution in [0.15, 0.2) is 18.5 Å². The molecular weight excluding hydrogens is 272 g/mol. The van der Waals surface area contributed by atoms with Crippen molar-refractivity contribution >= 4 is 11.6 Å². The largest absolute Gasteiger partial charge is 0.349 e. The highest BCUT2D eigenvalue weighted by Gasteiger charge is 2.13. The zero-order valence-electron chi connectivity index (χ0n) is 12.7. The van der Waals surface area contributed by atoms with Gasteiger partial charge in [0.2, 0.25) is 0 Å². The summed E-state index contributed by atoms with van der Waals surface area (Å²) in [5.74, 6) is 0. The van der Waals surface area contributed by atoms with Crippen LogP contribution in [-0.4, -0.2) is 20.9 Å². The first-order valence-electron chi connectivity index (χ1n) is 7.13. The van der Waals surface area contributed by atoms with Gasteiger partial charge in [-0.3, -0.25) is 4.68 Å². The second kappa shape index (κ2) is 6.46. The van der Waals surface area contributed by atoms with E-state index in [1.54, 1.807) is 4.68 Å². The SMILES string of the molecule is CCNC(CC)c1ccn(Cc2c(C)nn(C)c2Cl)c1. The van der Waals surface area contributed by atoms with Gasteiger partial charge in [0.05, 0.1) is 12.2 Å². The molecule has 5 heteroatoms. The zero-order chi connectivity index (χ0) is 14.7. The average Bonchev–Trinajstić information content (AvgIpc) is 2.97. The van der Waals surface area contributed by atoms with Gasteiger partial charge in [-0.2, -0.15) is 5.10 Å². The Morgan fingerprint density at radius 3 is 2.70 bits per heavy atom. The summed E-state index contributed by atoms with van der Waals surface area (Å²) in [4.78, 5) is 0. The molecule has 0 aliphatic heterocycles. The molecule has 110 valence electrons. The second-order valence-electron chi connectivity index (χ2n) is 5.11. The van der Waals surface area contributed by atoms with Crippen LogP contribution in [0.1, 0.15) is 43.1 Å². The molecular formula is C15H23ClN4. The summed E-state index contributed by atoms with van der Waals surface area (Å²) in [5.41, 5.74) is 3.41. The van der Waals surface area contributed by atoms with E-state index in [-0.39, 0.29) is 0 Å². The maximum absolute atomic E-state index is 6.29. The van der Waals surface area contributed by atoms with Crippen molar-refractivity contribution in [3.8, 4) is 0 Å². The van der Waals surface area contributed by atoms with Crippen molar-refractivity contribution in [3.63, 3.8) is 0 Å². The summed E-state index contributed by atoms with van der Waals surface area (Å²) in [6, 6.07) is 2.60. The molecule has 1 unspecified atom stereocenters. The van der Waals surface area contributed by atoms with Crippen molar-refractivity contribution in [2.24, 2.45) is 7.05 Å². The molecule has 2 heterocycles. The molecule has 0 aromatic carbocycles. The molecule has 0 amide bonds. The highest BCUT2D eigenvalue weighted by Crippen LogP contribution is 2.22. The lowest BCUT2D eigenvalue weighted by Gasteiger charge is -2.14. The van der Waals surface area contributed by atoms with Gasteiger partial charge in [-0.05, 0) is 31.5 Å². The van der Waals surface area contributed by atoms with Crippen molar-refractivity contribution in [3.05, 3.63) is 40.4 Å². The first kappa shape index (κ1) is 15.1. The predicted molar refractivity (Wildman–Crippen MR) is 83.2 cm³/mol. The number of hydrogen-bond donors (Lipinski definition) is 1. The van der Waals surface area contributed by atoms with Crippen LogP contribution in [0.2, 0.25) is 5.15 Å². The number of halogens is 1. The quantitative estimate of drug-likeness (QED) is 0.887. The minimum absolute atomic E-state index is 0.423. The Balaban J connectivity index is 2.17. The molecule has 0 saturated heterocycles. The highest BCUT2D eigenvalue weighted by molar-refractivity contribution is 6.30. The van der Waals surface area contributed by atoms with Crippen LogP contribution in [0.4, 0.5) is 0 Å². The lowest BCUT2D eigenvalue weighted by molar-refractivity contribution is 0.536. The number of rotatable bonds is 6. The van der Waals surface area contributed by atoms with E-state index in [0.717, 1.165) is 35.9 Å². The zero-order valence-corrected chi connectivity index (χ0v) is 13.4. The van der Waals surface area contributed by atoms with Gasteiger partial charge < -0.3 is 9.88 Å². The van der Waals surface area contributed by atoms with Crippen molar-refractivity contribution in [2.75, 3.05) is 6.54 Å². The maximum atomic E-state index is 6.29. The number of hydrogen-bond acceptors (Lipinski definition) is 2. The van der Waals surface area contributed by atoms with Gasteiger partial charge in [0.15, 0.2) is 0 Å². The van der Waals surface area contributed by atoms with Gasteiger partial charge in [0.1, 0.15) is 5.15 Å². The van der Waals surface area contributed by atoms with Crippen molar-refractivity contribution < 1.29 is 0 Å². The monoisotopic (exact) mass is 294 g/mol. The summed E-state index contributed by atoms with van der Waals surface area (Å²) < 4.78 is 3.90. The summed E-state index contributed by atoms with van der Waals surface area (Å²) >= 11 is 6.29. The molecule has 2 aromatic rings. The van der Waals surface area contributed by atoms with Crippen LogP contribution in [0.5, 0.6) is 0 Å². The van der Waals surface area contributed by atoms with E-state index in [4.69, 9.17) is 11.6 Å². The second-order valence-corrected chi connectivity index (χ2v) is 5.47. The fourth-order valence-corrected chi connectivity index (χ4v) is 2.78. The van der Waals surface area contributed by atoms with Gasteiger partial charge in [0, 0.05) is 31.0 Å². The Morgan fingerprint density at radius 1 is 1.40 bits per heavy atom. The Labute approximate surface area is 125 Å². The van der Waals surface area contributed by atoms with Crippen LogP contribution in [0.3, 0.4) is 0 Å². The number of aryl methyl sites for hydroxylation is 2. The van der Waals surface area contributed by atoms with Gasteiger partial charge in [0.25, 0.3) is 0 Å². The van der Waals surface area contributed by atoms with E-state index in [1.165, 1.54) is 5.56 Å². The molecule has 0 radical (unpaired) electrons. The first-order chi connectivity index (χ1) is 9.56. The summed E-state index contributed by atoms with van der Waals surface area (Å²) in [5, 5.41) is 8.57. The molecule has 2 aromatic heterocycles. The van der Waals surface area contributed by atoms with Crippen LogP contribution < -0.4 is 5.32 Å². The van der Waals surface area contributed by atoms with E-state index in [1.807, 2.05) is 14.0 Å². The highest BCUT2D eigenvalue weighted by atomic mass is 35.5. The third-order valence-electron chi connectivity index (χ3n) is 3.65. The number of aromatic nitrogens is 3. The van der Waals surface area contributed by atoms with E-state index < -0.39 is 0 Å². The summed E-state index contributed by atoms with van der Waals surface area (Å²) in [6.45, 7) is 8.09. The Morgan fingerprint density at radius 2 is 2.15 bits per heavy atom. The van der Waals surface area contributed by atoms with Crippen LogP contribution in [0.25, 0.3) is 0 Å². The molecule has 0 spiro atoms. The van der Waals surface area contributed by atoms with E-state index >= 15 is 0 Å². The van der Waals surface area contributed by atoms with Crippen molar-refractivity contribution in [1.82, 2.24) is 19.7 Å². The van der Waals surface area contributed by atoms with Gasteiger partial charge >= 0.3 is 0 Å². The minimum atomic E-state index is 0.423. The van der Waals surface area contributed by atoms with E-state index in [2.05, 4.69) is 47.3 Å². The number of nitrogens with one attached hydrogen (secondary N) is 1. The molecule has 0 saturated carbocycles. The smallest absolute Gasteiger partial charge is 0.131 e. The fraction of sp³-hybridized carbons (Fsp3) is 0.533. The maximum Gasteiger partial charge on any atom is 0.131 e. The predicted octanol–water partition coefficient (Wildman–Crippen LogP) is 3.29. The fourth-order valence-electron chi connectivity index (χ4n) is 2.54. The molecule has 0 bridgehead atoms. The van der Waals surface area contributed by atoms with Crippen molar-refractivity contribution in [2.45, 2.75) is 39.8 Å². The minimum Gasteiger partial charge on any atom is -0.349 e. The lowest BCUT2D eigenvalue weighted by Crippen LogP contribution is -2.19. The lowest BCUT2D eigenvalue weighted by atomic mass is 10.1. The topological polar surface area (TPSA) is 34.8 Å².